The molecule has 0 heterocycles. The van der Waals surface area contributed by atoms with E-state index in [4.69, 9.17) is 5.73 Å². The smallest absolute Gasteiger partial charge is 0.220 e. The predicted molar refractivity (Wildman–Crippen MR) is 102 cm³/mol. The van der Waals surface area contributed by atoms with Gasteiger partial charge in [-0.2, -0.15) is 0 Å². The second-order valence-electron chi connectivity index (χ2n) is 6.83. The molecule has 0 fully saturated rings. The number of rotatable bonds is 17. The molecule has 2 heteroatoms. The van der Waals surface area contributed by atoms with Crippen LogP contribution >= 0.6 is 0 Å². The SMILES string of the molecule is [CH2]C(CCCCCCCC/C=C\CCCCCCCC)C(N)=O. The molecule has 1 unspecified atom stereocenters. The highest BCUT2D eigenvalue weighted by molar-refractivity contribution is 5.77. The molecule has 0 aliphatic carbocycles. The van der Waals surface area contributed by atoms with Gasteiger partial charge in [-0.15, -0.1) is 0 Å². The highest BCUT2D eigenvalue weighted by atomic mass is 16.1. The van der Waals surface area contributed by atoms with Crippen molar-refractivity contribution in [3.05, 3.63) is 19.1 Å². The number of hydrogen-bond donors (Lipinski definition) is 1. The summed E-state index contributed by atoms with van der Waals surface area (Å²) in [6, 6.07) is 0. The summed E-state index contributed by atoms with van der Waals surface area (Å²) in [6.45, 7) is 6.03. The number of amides is 1. The molecule has 1 radical (unpaired) electrons. The third kappa shape index (κ3) is 17.4. The van der Waals surface area contributed by atoms with Crippen molar-refractivity contribution in [2.75, 3.05) is 0 Å². The number of nitrogens with two attached hydrogens (primary N) is 1. The lowest BCUT2D eigenvalue weighted by Crippen LogP contribution is -2.20. The quantitative estimate of drug-likeness (QED) is 0.246. The minimum atomic E-state index is -0.266. The maximum Gasteiger partial charge on any atom is 0.220 e. The molecule has 0 aromatic rings. The number of unbranched alkanes of at least 4 members (excludes halogenated alkanes) is 12. The van der Waals surface area contributed by atoms with Gasteiger partial charge in [0.1, 0.15) is 0 Å². The van der Waals surface area contributed by atoms with Gasteiger partial charge in [0.2, 0.25) is 5.91 Å². The zero-order valence-corrected chi connectivity index (χ0v) is 15.5. The van der Waals surface area contributed by atoms with E-state index in [0.29, 0.717) is 0 Å². The lowest BCUT2D eigenvalue weighted by Gasteiger charge is -2.06. The zero-order chi connectivity index (χ0) is 17.2. The third-order valence-corrected chi connectivity index (χ3v) is 4.47. The number of hydrogen-bond acceptors (Lipinski definition) is 1. The van der Waals surface area contributed by atoms with E-state index in [2.05, 4.69) is 26.0 Å². The molecule has 1 amide bonds. The monoisotopic (exact) mass is 322 g/mol. The first-order valence-corrected chi connectivity index (χ1v) is 9.95. The molecule has 0 rings (SSSR count). The van der Waals surface area contributed by atoms with Crippen LogP contribution < -0.4 is 5.73 Å². The Morgan fingerprint density at radius 3 is 1.74 bits per heavy atom. The Morgan fingerprint density at radius 2 is 1.26 bits per heavy atom. The van der Waals surface area contributed by atoms with Gasteiger partial charge in [0.25, 0.3) is 0 Å². The molecule has 0 aromatic heterocycles. The number of carbonyl (C=O) groups is 1. The minimum Gasteiger partial charge on any atom is -0.369 e. The normalized spacial score (nSPS) is 12.8. The second-order valence-corrected chi connectivity index (χ2v) is 6.83. The van der Waals surface area contributed by atoms with Crippen molar-refractivity contribution in [2.45, 2.75) is 103 Å². The predicted octanol–water partition coefficient (Wildman–Crippen LogP) is 6.35. The topological polar surface area (TPSA) is 43.1 Å². The molecule has 0 saturated carbocycles. The van der Waals surface area contributed by atoms with Crippen LogP contribution in [0.3, 0.4) is 0 Å². The molecule has 0 aliphatic rings. The molecule has 0 aromatic carbocycles. The summed E-state index contributed by atoms with van der Waals surface area (Å²) in [6.07, 6.45) is 23.9. The van der Waals surface area contributed by atoms with Gasteiger partial charge in [-0.25, -0.2) is 0 Å². The van der Waals surface area contributed by atoms with Crippen molar-refractivity contribution in [2.24, 2.45) is 11.7 Å². The summed E-state index contributed by atoms with van der Waals surface area (Å²) in [4.78, 5) is 10.8. The lowest BCUT2D eigenvalue weighted by molar-refractivity contribution is -0.120. The maximum absolute atomic E-state index is 10.8. The number of carbonyl (C=O) groups excluding carboxylic acids is 1. The van der Waals surface area contributed by atoms with E-state index in [1.807, 2.05) is 0 Å². The van der Waals surface area contributed by atoms with E-state index < -0.39 is 0 Å². The van der Waals surface area contributed by atoms with Crippen molar-refractivity contribution in [3.63, 3.8) is 0 Å². The van der Waals surface area contributed by atoms with Gasteiger partial charge in [0.15, 0.2) is 0 Å². The van der Waals surface area contributed by atoms with Gasteiger partial charge in [-0.1, -0.05) is 83.3 Å². The van der Waals surface area contributed by atoms with Gasteiger partial charge < -0.3 is 5.73 Å². The summed E-state index contributed by atoms with van der Waals surface area (Å²) in [7, 11) is 0. The van der Waals surface area contributed by atoms with Crippen molar-refractivity contribution in [1.82, 2.24) is 0 Å². The van der Waals surface area contributed by atoms with Gasteiger partial charge in [0.05, 0.1) is 0 Å². The van der Waals surface area contributed by atoms with Crippen LogP contribution in [-0.2, 0) is 4.79 Å². The molecule has 2 N–H and O–H groups in total. The molecular weight excluding hydrogens is 282 g/mol. The van der Waals surface area contributed by atoms with Crippen LogP contribution in [0.4, 0.5) is 0 Å². The average Bonchev–Trinajstić information content (AvgIpc) is 2.54. The lowest BCUT2D eigenvalue weighted by atomic mass is 10.0. The standard InChI is InChI=1S/C21H40NO/c1-3-4-5-6-7-8-9-10-11-12-13-14-15-16-17-18-19-20(2)21(22)23/h10-11,20H,2-9,12-19H2,1H3,(H2,22,23)/b11-10-. The fourth-order valence-corrected chi connectivity index (χ4v) is 2.78. The van der Waals surface area contributed by atoms with Crippen molar-refractivity contribution in [3.8, 4) is 0 Å². The van der Waals surface area contributed by atoms with E-state index >= 15 is 0 Å². The number of primary amides is 1. The Balaban J connectivity index is 3.15. The first-order chi connectivity index (χ1) is 11.2. The fourth-order valence-electron chi connectivity index (χ4n) is 2.78. The van der Waals surface area contributed by atoms with Crippen LogP contribution in [0, 0.1) is 12.8 Å². The molecular formula is C21H40NO. The summed E-state index contributed by atoms with van der Waals surface area (Å²) >= 11 is 0. The van der Waals surface area contributed by atoms with E-state index in [1.165, 1.54) is 83.5 Å². The van der Waals surface area contributed by atoms with Gasteiger partial charge in [0, 0.05) is 5.92 Å². The molecule has 135 valence electrons. The van der Waals surface area contributed by atoms with E-state index in [0.717, 1.165) is 12.8 Å². The average molecular weight is 323 g/mol. The molecule has 0 bridgehead atoms. The van der Waals surface area contributed by atoms with Gasteiger partial charge in [-0.3, -0.25) is 4.79 Å². The van der Waals surface area contributed by atoms with Crippen molar-refractivity contribution >= 4 is 5.91 Å². The highest BCUT2D eigenvalue weighted by Gasteiger charge is 2.07. The Bertz CT molecular complexity index is 286. The van der Waals surface area contributed by atoms with Gasteiger partial charge >= 0.3 is 0 Å². The summed E-state index contributed by atoms with van der Waals surface area (Å²) in [5.74, 6) is -0.468. The third-order valence-electron chi connectivity index (χ3n) is 4.47. The van der Waals surface area contributed by atoms with Crippen LogP contribution in [-0.4, -0.2) is 5.91 Å². The molecule has 2 nitrogen and oxygen atoms in total. The van der Waals surface area contributed by atoms with Gasteiger partial charge in [-0.05, 0) is 39.0 Å². The Labute approximate surface area is 145 Å². The zero-order valence-electron chi connectivity index (χ0n) is 15.5. The molecule has 23 heavy (non-hydrogen) atoms. The maximum atomic E-state index is 10.8. The van der Waals surface area contributed by atoms with Crippen molar-refractivity contribution < 1.29 is 4.79 Å². The van der Waals surface area contributed by atoms with Crippen molar-refractivity contribution in [1.29, 1.82) is 0 Å². The van der Waals surface area contributed by atoms with Crippen LogP contribution in [0.1, 0.15) is 103 Å². The summed E-state index contributed by atoms with van der Waals surface area (Å²) in [5, 5.41) is 0. The summed E-state index contributed by atoms with van der Waals surface area (Å²) in [5.41, 5.74) is 5.19. The van der Waals surface area contributed by atoms with E-state index in [9.17, 15) is 4.79 Å². The molecule has 1 atom stereocenters. The molecule has 0 spiro atoms. The Hall–Kier alpha value is -0.790. The highest BCUT2D eigenvalue weighted by Crippen LogP contribution is 2.12. The Morgan fingerprint density at radius 1 is 0.826 bits per heavy atom. The van der Waals surface area contributed by atoms with E-state index in [-0.39, 0.29) is 11.8 Å². The van der Waals surface area contributed by atoms with Crippen LogP contribution in [0.15, 0.2) is 12.2 Å². The van der Waals surface area contributed by atoms with Crippen LogP contribution in [0.2, 0.25) is 0 Å². The van der Waals surface area contributed by atoms with Crippen LogP contribution in [0.25, 0.3) is 0 Å². The number of allylic oxidation sites excluding steroid dienone is 2. The van der Waals surface area contributed by atoms with Crippen LogP contribution in [0.5, 0.6) is 0 Å². The Kier molecular flexibility index (Phi) is 17.0. The molecule has 0 saturated heterocycles. The first-order valence-electron chi connectivity index (χ1n) is 9.95. The first kappa shape index (κ1) is 22.2. The second kappa shape index (κ2) is 17.6. The fraction of sp³-hybridized carbons (Fsp3) is 0.810. The summed E-state index contributed by atoms with van der Waals surface area (Å²) < 4.78 is 0. The molecule has 0 aliphatic heterocycles. The minimum absolute atomic E-state index is 0.202. The van der Waals surface area contributed by atoms with E-state index in [1.54, 1.807) is 0 Å². The largest absolute Gasteiger partial charge is 0.369 e.